The normalized spacial score (nSPS) is 10.9. The number of tetrazole rings is 1. The molecule has 0 unspecified atom stereocenters. The van der Waals surface area contributed by atoms with Crippen LogP contribution in [-0.4, -0.2) is 31.2 Å². The first-order valence-electron chi connectivity index (χ1n) is 8.27. The van der Waals surface area contributed by atoms with Crippen LogP contribution in [0.1, 0.15) is 24.4 Å². The van der Waals surface area contributed by atoms with Gasteiger partial charge in [-0.05, 0) is 53.7 Å². The molecule has 2 aromatic heterocycles. The summed E-state index contributed by atoms with van der Waals surface area (Å²) in [5, 5.41) is 18.0. The van der Waals surface area contributed by atoms with Crippen LogP contribution in [0, 0.1) is 5.92 Å². The summed E-state index contributed by atoms with van der Waals surface area (Å²) in [6, 6.07) is 8.12. The quantitative estimate of drug-likeness (QED) is 0.580. The number of nitrogens with one attached hydrogen (secondary N) is 2. The number of hydrogen-bond donors (Lipinski definition) is 2. The molecule has 0 aliphatic heterocycles. The standard InChI is InChI=1S/C17H16Cl2N6O2S/c1-9(2)8-25-23-16(22-24-25)21-17(28)20-15(26)14-6-5-13(27-14)11-7-10(18)3-4-12(11)19/h3-7,9H,8H2,1-2H3,(H2,20,21,23,26,28). The topological polar surface area (TPSA) is 97.9 Å². The van der Waals surface area contributed by atoms with Gasteiger partial charge >= 0.3 is 0 Å². The van der Waals surface area contributed by atoms with Crippen LogP contribution >= 0.6 is 35.4 Å². The van der Waals surface area contributed by atoms with E-state index in [1.165, 1.54) is 10.9 Å². The average Bonchev–Trinajstić information content (AvgIpc) is 3.26. The van der Waals surface area contributed by atoms with Crippen LogP contribution in [0.2, 0.25) is 10.0 Å². The van der Waals surface area contributed by atoms with E-state index in [9.17, 15) is 4.79 Å². The summed E-state index contributed by atoms with van der Waals surface area (Å²) in [6.45, 7) is 4.69. The number of furan rings is 1. The lowest BCUT2D eigenvalue weighted by Gasteiger charge is -2.05. The molecule has 0 spiro atoms. The molecule has 0 radical (unpaired) electrons. The number of benzene rings is 1. The number of carbonyl (C=O) groups is 1. The van der Waals surface area contributed by atoms with Crippen molar-refractivity contribution in [1.82, 2.24) is 25.5 Å². The summed E-state index contributed by atoms with van der Waals surface area (Å²) in [7, 11) is 0. The fourth-order valence-corrected chi connectivity index (χ4v) is 2.85. The van der Waals surface area contributed by atoms with Crippen LogP contribution in [-0.2, 0) is 6.54 Å². The summed E-state index contributed by atoms with van der Waals surface area (Å²) in [5.41, 5.74) is 0.583. The Labute approximate surface area is 176 Å². The molecular formula is C17H16Cl2N6O2S. The van der Waals surface area contributed by atoms with Crippen molar-refractivity contribution in [2.75, 3.05) is 5.32 Å². The zero-order valence-electron chi connectivity index (χ0n) is 14.9. The van der Waals surface area contributed by atoms with Crippen LogP contribution in [0.3, 0.4) is 0 Å². The predicted molar refractivity (Wildman–Crippen MR) is 111 cm³/mol. The lowest BCUT2D eigenvalue weighted by molar-refractivity contribution is 0.0951. The number of hydrogen-bond acceptors (Lipinski definition) is 6. The molecule has 1 amide bonds. The van der Waals surface area contributed by atoms with Crippen LogP contribution in [0.5, 0.6) is 0 Å². The maximum absolute atomic E-state index is 12.3. The molecule has 2 N–H and O–H groups in total. The van der Waals surface area contributed by atoms with E-state index in [4.69, 9.17) is 39.8 Å². The molecule has 2 heterocycles. The Morgan fingerprint density at radius 2 is 2.07 bits per heavy atom. The summed E-state index contributed by atoms with van der Waals surface area (Å²) in [4.78, 5) is 13.8. The number of halogens is 2. The van der Waals surface area contributed by atoms with Crippen molar-refractivity contribution in [3.05, 3.63) is 46.1 Å². The first kappa shape index (κ1) is 20.2. The molecule has 3 rings (SSSR count). The highest BCUT2D eigenvalue weighted by Crippen LogP contribution is 2.31. The van der Waals surface area contributed by atoms with Gasteiger partial charge in [-0.2, -0.15) is 4.80 Å². The molecule has 0 aliphatic rings. The van der Waals surface area contributed by atoms with Gasteiger partial charge in [0.05, 0.1) is 11.6 Å². The average molecular weight is 439 g/mol. The van der Waals surface area contributed by atoms with Crippen LogP contribution in [0.4, 0.5) is 5.95 Å². The second-order valence-corrected chi connectivity index (χ2v) is 7.51. The van der Waals surface area contributed by atoms with Crippen LogP contribution in [0.25, 0.3) is 11.3 Å². The number of aromatic nitrogens is 4. The minimum Gasteiger partial charge on any atom is -0.451 e. The van der Waals surface area contributed by atoms with E-state index in [0.717, 1.165) is 0 Å². The summed E-state index contributed by atoms with van der Waals surface area (Å²) < 4.78 is 5.58. The van der Waals surface area contributed by atoms with E-state index < -0.39 is 5.91 Å². The second kappa shape index (κ2) is 8.68. The molecule has 3 aromatic rings. The number of nitrogens with zero attached hydrogens (tertiary/aromatic N) is 4. The number of rotatable bonds is 5. The van der Waals surface area contributed by atoms with Gasteiger partial charge in [0.25, 0.3) is 11.9 Å². The maximum Gasteiger partial charge on any atom is 0.293 e. The lowest BCUT2D eigenvalue weighted by Crippen LogP contribution is -2.34. The third-order valence-electron chi connectivity index (χ3n) is 3.46. The Balaban J connectivity index is 1.63. The van der Waals surface area contributed by atoms with Gasteiger partial charge in [0.15, 0.2) is 10.9 Å². The molecule has 0 atom stereocenters. The Kier molecular flexibility index (Phi) is 6.28. The Bertz CT molecular complexity index is 1020. The van der Waals surface area contributed by atoms with E-state index in [2.05, 4.69) is 26.0 Å². The van der Waals surface area contributed by atoms with Crippen molar-refractivity contribution in [1.29, 1.82) is 0 Å². The highest BCUT2D eigenvalue weighted by atomic mass is 35.5. The van der Waals surface area contributed by atoms with Gasteiger partial charge in [0.2, 0.25) is 0 Å². The first-order chi connectivity index (χ1) is 13.3. The van der Waals surface area contributed by atoms with Crippen molar-refractivity contribution < 1.29 is 9.21 Å². The molecule has 11 heteroatoms. The third kappa shape index (κ3) is 5.06. The van der Waals surface area contributed by atoms with Gasteiger partial charge in [-0.1, -0.05) is 42.1 Å². The van der Waals surface area contributed by atoms with Crippen LogP contribution < -0.4 is 10.6 Å². The maximum atomic E-state index is 12.3. The predicted octanol–water partition coefficient (Wildman–Crippen LogP) is 4.02. The fraction of sp³-hybridized carbons (Fsp3) is 0.235. The van der Waals surface area contributed by atoms with Gasteiger partial charge < -0.3 is 4.42 Å². The molecule has 0 fully saturated rings. The van der Waals surface area contributed by atoms with Gasteiger partial charge in [0, 0.05) is 10.6 Å². The zero-order valence-corrected chi connectivity index (χ0v) is 17.3. The van der Waals surface area contributed by atoms with Crippen molar-refractivity contribution in [2.45, 2.75) is 20.4 Å². The molecule has 28 heavy (non-hydrogen) atoms. The van der Waals surface area contributed by atoms with Crippen molar-refractivity contribution in [3.8, 4) is 11.3 Å². The van der Waals surface area contributed by atoms with Crippen molar-refractivity contribution in [2.24, 2.45) is 5.92 Å². The largest absolute Gasteiger partial charge is 0.451 e. The van der Waals surface area contributed by atoms with E-state index in [0.29, 0.717) is 33.8 Å². The van der Waals surface area contributed by atoms with E-state index >= 15 is 0 Å². The number of amides is 1. The third-order valence-corrected chi connectivity index (χ3v) is 4.23. The summed E-state index contributed by atoms with van der Waals surface area (Å²) in [6.07, 6.45) is 0. The van der Waals surface area contributed by atoms with Crippen LogP contribution in [0.15, 0.2) is 34.7 Å². The fourth-order valence-electron chi connectivity index (χ4n) is 2.29. The highest BCUT2D eigenvalue weighted by Gasteiger charge is 2.16. The number of anilines is 1. The molecule has 8 nitrogen and oxygen atoms in total. The summed E-state index contributed by atoms with van der Waals surface area (Å²) >= 11 is 17.3. The van der Waals surface area contributed by atoms with E-state index in [1.807, 2.05) is 13.8 Å². The van der Waals surface area contributed by atoms with E-state index in [-0.39, 0.29) is 16.8 Å². The highest BCUT2D eigenvalue weighted by molar-refractivity contribution is 7.80. The monoisotopic (exact) mass is 438 g/mol. The minimum atomic E-state index is -0.531. The molecule has 1 aromatic carbocycles. The van der Waals surface area contributed by atoms with Crippen molar-refractivity contribution in [3.63, 3.8) is 0 Å². The first-order valence-corrected chi connectivity index (χ1v) is 9.43. The molecule has 146 valence electrons. The molecule has 0 bridgehead atoms. The molecule has 0 saturated carbocycles. The minimum absolute atomic E-state index is 0.0211. The van der Waals surface area contributed by atoms with E-state index in [1.54, 1.807) is 24.3 Å². The molecule has 0 saturated heterocycles. The Morgan fingerprint density at radius 1 is 1.29 bits per heavy atom. The lowest BCUT2D eigenvalue weighted by atomic mass is 10.2. The molecule has 0 aliphatic carbocycles. The number of thiocarbonyl (C=S) groups is 1. The van der Waals surface area contributed by atoms with Gasteiger partial charge in [-0.25, -0.2) is 0 Å². The van der Waals surface area contributed by atoms with Gasteiger partial charge in [-0.15, -0.1) is 5.10 Å². The van der Waals surface area contributed by atoms with Gasteiger partial charge in [-0.3, -0.25) is 15.4 Å². The number of carbonyl (C=O) groups excluding carboxylic acids is 1. The zero-order chi connectivity index (χ0) is 20.3. The Morgan fingerprint density at radius 3 is 2.82 bits per heavy atom. The SMILES string of the molecule is CC(C)Cn1nnc(NC(=S)NC(=O)c2ccc(-c3cc(Cl)ccc3Cl)o2)n1. The Hall–Kier alpha value is -2.49. The smallest absolute Gasteiger partial charge is 0.293 e. The summed E-state index contributed by atoms with van der Waals surface area (Å²) in [5.74, 6) is 0.504. The van der Waals surface area contributed by atoms with Crippen molar-refractivity contribution >= 4 is 52.4 Å². The van der Waals surface area contributed by atoms with Gasteiger partial charge in [0.1, 0.15) is 5.76 Å². The second-order valence-electron chi connectivity index (χ2n) is 6.26. The molecular weight excluding hydrogens is 423 g/mol.